The molecule has 1 aromatic carbocycles. The van der Waals surface area contributed by atoms with Crippen LogP contribution >= 0.6 is 29.9 Å². The topological polar surface area (TPSA) is 0 Å². The second kappa shape index (κ2) is 4.57. The van der Waals surface area contributed by atoms with Crippen LogP contribution in [0.4, 0.5) is 0 Å². The highest BCUT2D eigenvalue weighted by molar-refractivity contribution is 14.1. The van der Waals surface area contributed by atoms with Crippen LogP contribution in [0.5, 0.6) is 0 Å². The number of hydrogen-bond acceptors (Lipinski definition) is 0. The molecule has 0 bridgehead atoms. The summed E-state index contributed by atoms with van der Waals surface area (Å²) in [4.78, 5) is 0. The van der Waals surface area contributed by atoms with Gasteiger partial charge in [-0.3, -0.25) is 0 Å². The quantitative estimate of drug-likeness (QED) is 0.451. The van der Waals surface area contributed by atoms with Gasteiger partial charge in [-0.05, 0) is 28.2 Å². The predicted molar refractivity (Wildman–Crippen MR) is 67.8 cm³/mol. The van der Waals surface area contributed by atoms with Crippen LogP contribution in [0, 0.1) is 0 Å². The van der Waals surface area contributed by atoms with Crippen molar-refractivity contribution in [2.45, 2.75) is 6.16 Å². The number of benzene rings is 1. The maximum absolute atomic E-state index is 2.51. The van der Waals surface area contributed by atoms with Gasteiger partial charge in [0.2, 0.25) is 0 Å². The average molecular weight is 293 g/mol. The summed E-state index contributed by atoms with van der Waals surface area (Å²) in [6.45, 7) is 4.85. The van der Waals surface area contributed by atoms with Gasteiger partial charge in [0.15, 0.2) is 0 Å². The summed E-state index contributed by atoms with van der Waals surface area (Å²) in [5.41, 5.74) is 1.49. The second-order valence-electron chi connectivity index (χ2n) is 3.70. The normalized spacial score (nSPS) is 11.6. The van der Waals surface area contributed by atoms with Crippen LogP contribution < -0.4 is 0 Å². The van der Waals surface area contributed by atoms with Gasteiger partial charge in [-0.2, -0.15) is 0 Å². The number of rotatable bonds is 3. The fourth-order valence-corrected chi connectivity index (χ4v) is 3.13. The first-order chi connectivity index (χ1) is 5.64. The van der Waals surface area contributed by atoms with Crippen LogP contribution in [0.15, 0.2) is 30.3 Å². The van der Waals surface area contributed by atoms with Crippen LogP contribution in [-0.4, -0.2) is 17.5 Å². The summed E-state index contributed by atoms with van der Waals surface area (Å²) in [5, 5.41) is 0. The molecule has 0 amide bonds. The van der Waals surface area contributed by atoms with E-state index in [9.17, 15) is 0 Å². The third-order valence-electron chi connectivity index (χ3n) is 1.78. The van der Waals surface area contributed by atoms with E-state index >= 15 is 0 Å². The molecule has 0 aliphatic heterocycles. The van der Waals surface area contributed by atoms with Crippen LogP contribution in [-0.2, 0) is 6.16 Å². The third-order valence-corrected chi connectivity index (χ3v) is 9.19. The summed E-state index contributed by atoms with van der Waals surface area (Å²) in [5.74, 6) is 0. The number of alkyl halides is 1. The van der Waals surface area contributed by atoms with Crippen molar-refractivity contribution in [3.8, 4) is 0 Å². The van der Waals surface area contributed by atoms with Crippen LogP contribution in [0.25, 0.3) is 0 Å². The van der Waals surface area contributed by atoms with Gasteiger partial charge in [0.25, 0.3) is 0 Å². The molecule has 0 aromatic heterocycles. The fourth-order valence-electron chi connectivity index (χ4n) is 1.12. The fraction of sp³-hybridized carbons (Fsp3) is 0.400. The van der Waals surface area contributed by atoms with E-state index in [2.05, 4.69) is 66.3 Å². The molecule has 12 heavy (non-hydrogen) atoms. The zero-order chi connectivity index (χ0) is 9.03. The minimum absolute atomic E-state index is 0.659. The SMILES string of the molecule is C[P+](C)(CI)Cc1ccccc1. The van der Waals surface area contributed by atoms with E-state index in [-0.39, 0.29) is 0 Å². The molecule has 1 rings (SSSR count). The van der Waals surface area contributed by atoms with Gasteiger partial charge in [0, 0.05) is 20.6 Å². The Morgan fingerprint density at radius 1 is 1.17 bits per heavy atom. The summed E-state index contributed by atoms with van der Waals surface area (Å²) in [7, 11) is -0.659. The molecule has 2 heteroatoms. The third kappa shape index (κ3) is 3.40. The van der Waals surface area contributed by atoms with Crippen LogP contribution in [0.1, 0.15) is 5.56 Å². The number of halogens is 1. The summed E-state index contributed by atoms with van der Waals surface area (Å²) >= 11 is 2.51. The van der Waals surface area contributed by atoms with Crippen molar-refractivity contribution in [3.63, 3.8) is 0 Å². The Kier molecular flexibility index (Phi) is 3.98. The maximum Gasteiger partial charge on any atom is 0.109 e. The van der Waals surface area contributed by atoms with E-state index in [1.165, 1.54) is 15.9 Å². The highest BCUT2D eigenvalue weighted by Gasteiger charge is 2.22. The zero-order valence-electron chi connectivity index (χ0n) is 7.63. The van der Waals surface area contributed by atoms with Gasteiger partial charge >= 0.3 is 0 Å². The van der Waals surface area contributed by atoms with Crippen molar-refractivity contribution in [1.82, 2.24) is 0 Å². The molecule has 0 aliphatic carbocycles. The lowest BCUT2D eigenvalue weighted by Gasteiger charge is -2.14. The van der Waals surface area contributed by atoms with E-state index in [1.54, 1.807) is 0 Å². The van der Waals surface area contributed by atoms with Gasteiger partial charge in [-0.25, -0.2) is 0 Å². The van der Waals surface area contributed by atoms with Crippen molar-refractivity contribution in [2.24, 2.45) is 0 Å². The first-order valence-electron chi connectivity index (χ1n) is 4.06. The van der Waals surface area contributed by atoms with Crippen LogP contribution in [0.2, 0.25) is 0 Å². The summed E-state index contributed by atoms with van der Waals surface area (Å²) < 4.78 is 1.32. The average Bonchev–Trinajstić information content (AvgIpc) is 2.06. The molecule has 0 radical (unpaired) electrons. The molecule has 0 fully saturated rings. The highest BCUT2D eigenvalue weighted by Crippen LogP contribution is 2.55. The lowest BCUT2D eigenvalue weighted by molar-refractivity contribution is 1.37. The number of hydrogen-bond donors (Lipinski definition) is 0. The molecular weight excluding hydrogens is 278 g/mol. The molecule has 0 nitrogen and oxygen atoms in total. The van der Waals surface area contributed by atoms with Gasteiger partial charge in [0.1, 0.15) is 4.17 Å². The van der Waals surface area contributed by atoms with E-state index < -0.39 is 7.26 Å². The van der Waals surface area contributed by atoms with Crippen molar-refractivity contribution in [2.75, 3.05) is 17.5 Å². The molecule has 0 saturated carbocycles. The van der Waals surface area contributed by atoms with Crippen molar-refractivity contribution >= 4 is 29.9 Å². The van der Waals surface area contributed by atoms with Crippen molar-refractivity contribution in [1.29, 1.82) is 0 Å². The Balaban J connectivity index is 2.64. The summed E-state index contributed by atoms with van der Waals surface area (Å²) in [6.07, 6.45) is 1.29. The Hall–Kier alpha value is 0.380. The lowest BCUT2D eigenvalue weighted by atomic mass is 10.2. The van der Waals surface area contributed by atoms with Gasteiger partial charge in [0.05, 0.1) is 6.16 Å². The molecule has 0 N–H and O–H groups in total. The monoisotopic (exact) mass is 293 g/mol. The minimum atomic E-state index is -0.659. The van der Waals surface area contributed by atoms with Crippen molar-refractivity contribution < 1.29 is 0 Å². The van der Waals surface area contributed by atoms with E-state index in [4.69, 9.17) is 0 Å². The largest absolute Gasteiger partial charge is 0.109 e. The molecule has 0 unspecified atom stereocenters. The molecule has 0 heterocycles. The van der Waals surface area contributed by atoms with Crippen LogP contribution in [0.3, 0.4) is 0 Å². The highest BCUT2D eigenvalue weighted by atomic mass is 127. The first kappa shape index (κ1) is 10.5. The maximum atomic E-state index is 2.51. The van der Waals surface area contributed by atoms with Gasteiger partial charge in [-0.15, -0.1) is 0 Å². The minimum Gasteiger partial charge on any atom is -0.0622 e. The predicted octanol–water partition coefficient (Wildman–Crippen LogP) is 3.86. The van der Waals surface area contributed by atoms with Crippen molar-refractivity contribution in [3.05, 3.63) is 35.9 Å². The molecule has 66 valence electrons. The molecule has 0 saturated heterocycles. The van der Waals surface area contributed by atoms with E-state index in [0.717, 1.165) is 0 Å². The molecule has 0 spiro atoms. The first-order valence-corrected chi connectivity index (χ1v) is 8.64. The van der Waals surface area contributed by atoms with Gasteiger partial charge in [-0.1, -0.05) is 30.3 Å². The summed E-state index contributed by atoms with van der Waals surface area (Å²) in [6, 6.07) is 10.8. The Morgan fingerprint density at radius 3 is 2.25 bits per heavy atom. The van der Waals surface area contributed by atoms with E-state index in [1.807, 2.05) is 0 Å². The van der Waals surface area contributed by atoms with E-state index in [0.29, 0.717) is 0 Å². The molecule has 0 aliphatic rings. The smallest absolute Gasteiger partial charge is 0.0622 e. The Morgan fingerprint density at radius 2 is 1.75 bits per heavy atom. The zero-order valence-corrected chi connectivity index (χ0v) is 10.7. The standard InChI is InChI=1S/C10H15IP/c1-12(2,9-11)8-10-6-4-3-5-7-10/h3-7H,8-9H2,1-2H3/q+1. The Bertz CT molecular complexity index is 231. The Labute approximate surface area is 89.2 Å². The lowest BCUT2D eigenvalue weighted by Crippen LogP contribution is -1.93. The molecule has 0 atom stereocenters. The second-order valence-corrected chi connectivity index (χ2v) is 10.2. The molecular formula is C10H15IP+. The molecule has 1 aromatic rings. The van der Waals surface area contributed by atoms with Gasteiger partial charge < -0.3 is 0 Å².